The minimum absolute atomic E-state index is 0.00736. The molecule has 6 nitrogen and oxygen atoms in total. The van der Waals surface area contributed by atoms with Gasteiger partial charge in [-0.05, 0) is 36.6 Å². The van der Waals surface area contributed by atoms with E-state index in [0.717, 1.165) is 29.7 Å². The van der Waals surface area contributed by atoms with Crippen LogP contribution >= 0.6 is 23.2 Å². The SMILES string of the molecule is COCCN(CC(=O)N1N=C(c2ccccc2Cl)CC1c1ccc(Cl)cc1)C(=O)C1CC1. The van der Waals surface area contributed by atoms with Gasteiger partial charge in [-0.2, -0.15) is 5.10 Å². The molecule has 0 N–H and O–H groups in total. The molecular formula is C24H25Cl2N3O3. The third-order valence-corrected chi connectivity index (χ3v) is 6.32. The van der Waals surface area contributed by atoms with Gasteiger partial charge in [0.2, 0.25) is 5.91 Å². The van der Waals surface area contributed by atoms with Gasteiger partial charge >= 0.3 is 0 Å². The Bertz CT molecular complexity index is 1020. The van der Waals surface area contributed by atoms with Crippen LogP contribution in [0, 0.1) is 5.92 Å². The molecule has 1 saturated carbocycles. The molecule has 1 unspecified atom stereocenters. The predicted octanol–water partition coefficient (Wildman–Crippen LogP) is 4.56. The van der Waals surface area contributed by atoms with Gasteiger partial charge in [0.15, 0.2) is 0 Å². The van der Waals surface area contributed by atoms with Gasteiger partial charge in [-0.1, -0.05) is 53.5 Å². The number of rotatable bonds is 8. The second kappa shape index (κ2) is 10.0. The summed E-state index contributed by atoms with van der Waals surface area (Å²) < 4.78 is 5.15. The first-order valence-corrected chi connectivity index (χ1v) is 11.4. The Balaban J connectivity index is 1.61. The van der Waals surface area contributed by atoms with Crippen LogP contribution in [-0.2, 0) is 14.3 Å². The average Bonchev–Trinajstić information content (AvgIpc) is 3.55. The molecule has 168 valence electrons. The Morgan fingerprint density at radius 1 is 1.12 bits per heavy atom. The van der Waals surface area contributed by atoms with Crippen LogP contribution in [-0.4, -0.2) is 54.2 Å². The largest absolute Gasteiger partial charge is 0.383 e. The summed E-state index contributed by atoms with van der Waals surface area (Å²) in [6.07, 6.45) is 2.27. The van der Waals surface area contributed by atoms with Gasteiger partial charge in [0.1, 0.15) is 6.54 Å². The number of hydrazone groups is 1. The average molecular weight is 474 g/mol. The number of hydrogen-bond acceptors (Lipinski definition) is 4. The van der Waals surface area contributed by atoms with Crippen molar-refractivity contribution in [3.05, 3.63) is 69.7 Å². The molecule has 2 aromatic rings. The van der Waals surface area contributed by atoms with Gasteiger partial charge in [0.25, 0.3) is 5.91 Å². The molecule has 2 aliphatic rings. The smallest absolute Gasteiger partial charge is 0.262 e. The Hall–Kier alpha value is -2.41. The summed E-state index contributed by atoms with van der Waals surface area (Å²) in [6, 6.07) is 14.6. The zero-order valence-corrected chi connectivity index (χ0v) is 19.4. The first kappa shape index (κ1) is 22.8. The number of hydrogen-bond donors (Lipinski definition) is 0. The lowest BCUT2D eigenvalue weighted by Gasteiger charge is -2.27. The van der Waals surface area contributed by atoms with Crippen LogP contribution in [0.15, 0.2) is 53.6 Å². The zero-order chi connectivity index (χ0) is 22.7. The lowest BCUT2D eigenvalue weighted by molar-refractivity contribution is -0.142. The molecule has 0 bridgehead atoms. The molecule has 0 saturated heterocycles. The summed E-state index contributed by atoms with van der Waals surface area (Å²) in [7, 11) is 1.58. The Morgan fingerprint density at radius 3 is 2.50 bits per heavy atom. The van der Waals surface area contributed by atoms with E-state index in [1.807, 2.05) is 36.4 Å². The molecule has 8 heteroatoms. The Labute approximate surface area is 197 Å². The van der Waals surface area contributed by atoms with Gasteiger partial charge in [-0.25, -0.2) is 5.01 Å². The molecule has 1 aliphatic carbocycles. The normalized spacial score (nSPS) is 17.9. The van der Waals surface area contributed by atoms with Gasteiger partial charge in [0.05, 0.1) is 18.4 Å². The molecule has 0 aromatic heterocycles. The van der Waals surface area contributed by atoms with E-state index in [-0.39, 0.29) is 30.3 Å². The third-order valence-electron chi connectivity index (χ3n) is 5.74. The van der Waals surface area contributed by atoms with E-state index in [4.69, 9.17) is 27.9 Å². The molecule has 1 fully saturated rings. The summed E-state index contributed by atoms with van der Waals surface area (Å²) in [6.45, 7) is 0.709. The van der Waals surface area contributed by atoms with Crippen LogP contribution < -0.4 is 0 Å². The highest BCUT2D eigenvalue weighted by molar-refractivity contribution is 6.34. The summed E-state index contributed by atoms with van der Waals surface area (Å²) in [5, 5.41) is 7.36. The van der Waals surface area contributed by atoms with Crippen molar-refractivity contribution in [2.45, 2.75) is 25.3 Å². The van der Waals surface area contributed by atoms with Crippen LogP contribution in [0.3, 0.4) is 0 Å². The highest BCUT2D eigenvalue weighted by atomic mass is 35.5. The molecular weight excluding hydrogens is 449 g/mol. The van der Waals surface area contributed by atoms with E-state index >= 15 is 0 Å². The van der Waals surface area contributed by atoms with Crippen LogP contribution in [0.25, 0.3) is 0 Å². The molecule has 0 spiro atoms. The van der Waals surface area contributed by atoms with Gasteiger partial charge in [0, 0.05) is 41.6 Å². The molecule has 1 heterocycles. The molecule has 1 aliphatic heterocycles. The number of halogens is 2. The standard InChI is InChI=1S/C24H25Cl2N3O3/c1-32-13-12-28(24(31)17-6-7-17)15-23(30)29-22(16-8-10-18(25)11-9-16)14-21(27-29)19-4-2-3-5-20(19)26/h2-5,8-11,17,22H,6-7,12-15H2,1H3. The van der Waals surface area contributed by atoms with E-state index in [1.165, 1.54) is 5.01 Å². The van der Waals surface area contributed by atoms with E-state index in [1.54, 1.807) is 24.1 Å². The maximum atomic E-state index is 13.4. The van der Waals surface area contributed by atoms with Crippen molar-refractivity contribution in [2.24, 2.45) is 11.0 Å². The second-order valence-corrected chi connectivity index (χ2v) is 8.91. The number of amides is 2. The number of carbonyl (C=O) groups is 2. The molecule has 1 atom stereocenters. The Morgan fingerprint density at radius 2 is 1.84 bits per heavy atom. The van der Waals surface area contributed by atoms with Crippen molar-refractivity contribution in [1.29, 1.82) is 0 Å². The molecule has 4 rings (SSSR count). The first-order chi connectivity index (χ1) is 15.5. The van der Waals surface area contributed by atoms with Crippen molar-refractivity contribution in [3.8, 4) is 0 Å². The molecule has 0 radical (unpaired) electrons. The van der Waals surface area contributed by atoms with E-state index in [9.17, 15) is 9.59 Å². The minimum atomic E-state index is -0.300. The van der Waals surface area contributed by atoms with Crippen LogP contribution in [0.5, 0.6) is 0 Å². The van der Waals surface area contributed by atoms with Crippen LogP contribution in [0.4, 0.5) is 0 Å². The summed E-state index contributed by atoms with van der Waals surface area (Å²) in [5.41, 5.74) is 2.46. The molecule has 2 aromatic carbocycles. The summed E-state index contributed by atoms with van der Waals surface area (Å²) in [5.74, 6) is -0.211. The highest BCUT2D eigenvalue weighted by Crippen LogP contribution is 2.35. The fraction of sp³-hybridized carbons (Fsp3) is 0.375. The predicted molar refractivity (Wildman–Crippen MR) is 125 cm³/mol. The minimum Gasteiger partial charge on any atom is -0.383 e. The van der Waals surface area contributed by atoms with Gasteiger partial charge < -0.3 is 9.64 Å². The number of methoxy groups -OCH3 is 1. The number of carbonyl (C=O) groups excluding carboxylic acids is 2. The van der Waals surface area contributed by atoms with E-state index in [2.05, 4.69) is 5.10 Å². The van der Waals surface area contributed by atoms with Crippen molar-refractivity contribution in [1.82, 2.24) is 9.91 Å². The maximum Gasteiger partial charge on any atom is 0.262 e. The van der Waals surface area contributed by atoms with Crippen molar-refractivity contribution in [2.75, 3.05) is 26.8 Å². The molecule has 2 amide bonds. The highest BCUT2D eigenvalue weighted by Gasteiger charge is 2.37. The van der Waals surface area contributed by atoms with Crippen molar-refractivity contribution in [3.63, 3.8) is 0 Å². The Kier molecular flexibility index (Phi) is 7.13. The molecule has 32 heavy (non-hydrogen) atoms. The van der Waals surface area contributed by atoms with Crippen molar-refractivity contribution >= 4 is 40.7 Å². The van der Waals surface area contributed by atoms with Crippen molar-refractivity contribution < 1.29 is 14.3 Å². The lowest BCUT2D eigenvalue weighted by atomic mass is 9.98. The van der Waals surface area contributed by atoms with E-state index < -0.39 is 0 Å². The fourth-order valence-corrected chi connectivity index (χ4v) is 4.21. The summed E-state index contributed by atoms with van der Waals surface area (Å²) in [4.78, 5) is 27.7. The first-order valence-electron chi connectivity index (χ1n) is 10.7. The lowest BCUT2D eigenvalue weighted by Crippen LogP contribution is -2.43. The monoisotopic (exact) mass is 473 g/mol. The summed E-state index contributed by atoms with van der Waals surface area (Å²) >= 11 is 12.5. The topological polar surface area (TPSA) is 62.2 Å². The van der Waals surface area contributed by atoms with Gasteiger partial charge in [-0.15, -0.1) is 0 Å². The fourth-order valence-electron chi connectivity index (χ4n) is 3.84. The number of benzene rings is 2. The quantitative estimate of drug-likeness (QED) is 0.564. The van der Waals surface area contributed by atoms with Crippen LogP contribution in [0.2, 0.25) is 10.0 Å². The zero-order valence-electron chi connectivity index (χ0n) is 17.8. The maximum absolute atomic E-state index is 13.4. The van der Waals surface area contributed by atoms with Crippen LogP contribution in [0.1, 0.15) is 36.4 Å². The second-order valence-electron chi connectivity index (χ2n) is 8.06. The number of ether oxygens (including phenoxy) is 1. The third kappa shape index (κ3) is 5.14. The van der Waals surface area contributed by atoms with E-state index in [0.29, 0.717) is 29.6 Å². The number of nitrogens with zero attached hydrogens (tertiary/aromatic N) is 3. The van der Waals surface area contributed by atoms with Gasteiger partial charge in [-0.3, -0.25) is 9.59 Å².